The first-order valence-corrected chi connectivity index (χ1v) is 6.45. The van der Waals surface area contributed by atoms with Crippen molar-refractivity contribution in [2.24, 2.45) is 5.73 Å². The summed E-state index contributed by atoms with van der Waals surface area (Å²) in [5, 5.41) is 8.07. The molecule has 0 radical (unpaired) electrons. The van der Waals surface area contributed by atoms with E-state index in [2.05, 4.69) is 35.9 Å². The minimum Gasteiger partial charge on any atom is -0.406 e. The summed E-state index contributed by atoms with van der Waals surface area (Å²) in [5.74, 6) is 0.504. The fourth-order valence-corrected chi connectivity index (χ4v) is 1.58. The van der Waals surface area contributed by atoms with Crippen molar-refractivity contribution in [1.82, 2.24) is 10.2 Å². The van der Waals surface area contributed by atoms with Crippen LogP contribution in [0.1, 0.15) is 58.9 Å². The molecule has 5 nitrogen and oxygen atoms in total. The zero-order valence-electron chi connectivity index (χ0n) is 11.3. The predicted molar refractivity (Wildman–Crippen MR) is 68.9 cm³/mol. The molecule has 1 heterocycles. The summed E-state index contributed by atoms with van der Waals surface area (Å²) in [6.07, 6.45) is 3.33. The van der Waals surface area contributed by atoms with Gasteiger partial charge in [0.15, 0.2) is 0 Å². The molecule has 0 aliphatic carbocycles. The lowest BCUT2D eigenvalue weighted by Crippen LogP contribution is -2.33. The van der Waals surface area contributed by atoms with E-state index in [1.807, 2.05) is 6.92 Å². The normalized spacial score (nSPS) is 14.6. The van der Waals surface area contributed by atoms with E-state index in [1.165, 1.54) is 0 Å². The average molecular weight is 240 g/mol. The quantitative estimate of drug-likeness (QED) is 0.793. The number of rotatable bonds is 7. The Hall–Kier alpha value is -1.10. The van der Waals surface area contributed by atoms with Crippen LogP contribution in [-0.2, 0) is 0 Å². The molecular formula is C12H24N4O. The van der Waals surface area contributed by atoms with E-state index < -0.39 is 0 Å². The largest absolute Gasteiger partial charge is 0.406 e. The van der Waals surface area contributed by atoms with Crippen LogP contribution in [0.25, 0.3) is 0 Å². The molecule has 0 spiro atoms. The second-order valence-electron chi connectivity index (χ2n) is 4.52. The number of hydrogen-bond donors (Lipinski definition) is 1. The maximum absolute atomic E-state index is 5.72. The lowest BCUT2D eigenvalue weighted by molar-refractivity contribution is 0.438. The number of aromatic nitrogens is 2. The van der Waals surface area contributed by atoms with E-state index in [4.69, 9.17) is 10.2 Å². The Kier molecular flexibility index (Phi) is 5.41. The number of anilines is 1. The molecule has 0 amide bonds. The molecule has 2 atom stereocenters. The second kappa shape index (κ2) is 6.59. The third-order valence-corrected chi connectivity index (χ3v) is 2.94. The molecule has 17 heavy (non-hydrogen) atoms. The van der Waals surface area contributed by atoms with Crippen LogP contribution in [-0.4, -0.2) is 22.8 Å². The van der Waals surface area contributed by atoms with Crippen LogP contribution < -0.4 is 10.6 Å². The zero-order valence-corrected chi connectivity index (χ0v) is 11.3. The summed E-state index contributed by atoms with van der Waals surface area (Å²) in [7, 11) is 0. The molecular weight excluding hydrogens is 216 g/mol. The molecule has 2 N–H and O–H groups in total. The van der Waals surface area contributed by atoms with E-state index in [0.29, 0.717) is 17.9 Å². The van der Waals surface area contributed by atoms with Crippen molar-refractivity contribution in [1.29, 1.82) is 0 Å². The van der Waals surface area contributed by atoms with Gasteiger partial charge in [0, 0.05) is 12.6 Å². The highest BCUT2D eigenvalue weighted by Crippen LogP contribution is 2.19. The van der Waals surface area contributed by atoms with Crippen molar-refractivity contribution in [2.45, 2.75) is 59.0 Å². The SMILES string of the molecule is CCCCN(c1nnc(C(C)N)o1)C(C)CC. The smallest absolute Gasteiger partial charge is 0.318 e. The summed E-state index contributed by atoms with van der Waals surface area (Å²) in [6, 6.07) is 0.796. The standard InChI is InChI=1S/C12H24N4O/c1-5-7-8-16(9(3)6-2)12-15-14-11(17-12)10(4)13/h9-10H,5-8,13H2,1-4H3. The highest BCUT2D eigenvalue weighted by atomic mass is 16.4. The predicted octanol–water partition coefficient (Wildman–Crippen LogP) is 2.49. The third-order valence-electron chi connectivity index (χ3n) is 2.94. The Labute approximate surface area is 103 Å². The molecule has 5 heteroatoms. The topological polar surface area (TPSA) is 68.2 Å². The molecule has 0 fully saturated rings. The van der Waals surface area contributed by atoms with Gasteiger partial charge in [-0.25, -0.2) is 0 Å². The highest BCUT2D eigenvalue weighted by molar-refractivity contribution is 5.26. The van der Waals surface area contributed by atoms with Crippen molar-refractivity contribution in [3.8, 4) is 0 Å². The fourth-order valence-electron chi connectivity index (χ4n) is 1.58. The second-order valence-corrected chi connectivity index (χ2v) is 4.52. The molecule has 1 aromatic rings. The first-order chi connectivity index (χ1) is 8.10. The summed E-state index contributed by atoms with van der Waals surface area (Å²) in [4.78, 5) is 2.17. The average Bonchev–Trinajstić information content (AvgIpc) is 2.78. The van der Waals surface area contributed by atoms with Gasteiger partial charge in [-0.05, 0) is 26.7 Å². The minimum absolute atomic E-state index is 0.207. The first-order valence-electron chi connectivity index (χ1n) is 6.45. The third kappa shape index (κ3) is 3.70. The molecule has 0 saturated carbocycles. The van der Waals surface area contributed by atoms with Crippen molar-refractivity contribution in [3.05, 3.63) is 5.89 Å². The van der Waals surface area contributed by atoms with Gasteiger partial charge in [0.05, 0.1) is 6.04 Å². The van der Waals surface area contributed by atoms with Crippen LogP contribution in [0.5, 0.6) is 0 Å². The summed E-state index contributed by atoms with van der Waals surface area (Å²) < 4.78 is 5.61. The van der Waals surface area contributed by atoms with Crippen molar-refractivity contribution in [2.75, 3.05) is 11.4 Å². The molecule has 98 valence electrons. The van der Waals surface area contributed by atoms with Crippen LogP contribution in [0, 0.1) is 0 Å². The molecule has 2 unspecified atom stereocenters. The molecule has 1 aromatic heterocycles. The summed E-state index contributed by atoms with van der Waals surface area (Å²) in [5.41, 5.74) is 5.72. The van der Waals surface area contributed by atoms with Gasteiger partial charge in [-0.3, -0.25) is 0 Å². The lowest BCUT2D eigenvalue weighted by atomic mass is 10.2. The lowest BCUT2D eigenvalue weighted by Gasteiger charge is -2.26. The van der Waals surface area contributed by atoms with Crippen LogP contribution in [0.4, 0.5) is 6.01 Å². The Morgan fingerprint density at radius 2 is 2.00 bits per heavy atom. The van der Waals surface area contributed by atoms with Gasteiger partial charge in [0.25, 0.3) is 0 Å². The van der Waals surface area contributed by atoms with Crippen molar-refractivity contribution < 1.29 is 4.42 Å². The Morgan fingerprint density at radius 1 is 1.29 bits per heavy atom. The van der Waals surface area contributed by atoms with Crippen LogP contribution in [0.15, 0.2) is 4.42 Å². The number of unbranched alkanes of at least 4 members (excludes halogenated alkanes) is 1. The zero-order chi connectivity index (χ0) is 12.8. The van der Waals surface area contributed by atoms with Crippen LogP contribution >= 0.6 is 0 Å². The Bertz CT molecular complexity index is 324. The Morgan fingerprint density at radius 3 is 2.47 bits per heavy atom. The van der Waals surface area contributed by atoms with Crippen LogP contribution in [0.2, 0.25) is 0 Å². The molecule has 0 saturated heterocycles. The van der Waals surface area contributed by atoms with Gasteiger partial charge in [0.1, 0.15) is 0 Å². The van der Waals surface area contributed by atoms with Gasteiger partial charge in [-0.1, -0.05) is 25.4 Å². The molecule has 0 aliphatic heterocycles. The van der Waals surface area contributed by atoms with Gasteiger partial charge in [0.2, 0.25) is 5.89 Å². The molecule has 0 aliphatic rings. The highest BCUT2D eigenvalue weighted by Gasteiger charge is 2.19. The summed E-state index contributed by atoms with van der Waals surface area (Å²) in [6.45, 7) is 9.30. The first kappa shape index (κ1) is 14.0. The maximum atomic E-state index is 5.72. The van der Waals surface area contributed by atoms with E-state index in [-0.39, 0.29) is 6.04 Å². The monoisotopic (exact) mass is 240 g/mol. The Balaban J connectivity index is 2.80. The van der Waals surface area contributed by atoms with Gasteiger partial charge < -0.3 is 15.1 Å². The van der Waals surface area contributed by atoms with E-state index >= 15 is 0 Å². The van der Waals surface area contributed by atoms with Gasteiger partial charge in [-0.2, -0.15) is 0 Å². The van der Waals surface area contributed by atoms with Crippen molar-refractivity contribution in [3.63, 3.8) is 0 Å². The van der Waals surface area contributed by atoms with E-state index in [1.54, 1.807) is 0 Å². The van der Waals surface area contributed by atoms with E-state index in [9.17, 15) is 0 Å². The van der Waals surface area contributed by atoms with Gasteiger partial charge >= 0.3 is 6.01 Å². The molecule has 0 bridgehead atoms. The minimum atomic E-state index is -0.207. The fraction of sp³-hybridized carbons (Fsp3) is 0.833. The van der Waals surface area contributed by atoms with E-state index in [0.717, 1.165) is 25.8 Å². The number of nitrogens with two attached hydrogens (primary N) is 1. The number of hydrogen-bond acceptors (Lipinski definition) is 5. The van der Waals surface area contributed by atoms with Crippen LogP contribution in [0.3, 0.4) is 0 Å². The number of nitrogens with zero attached hydrogens (tertiary/aromatic N) is 3. The molecule has 1 rings (SSSR count). The van der Waals surface area contributed by atoms with Crippen molar-refractivity contribution >= 4 is 6.01 Å². The maximum Gasteiger partial charge on any atom is 0.318 e. The summed E-state index contributed by atoms with van der Waals surface area (Å²) >= 11 is 0. The van der Waals surface area contributed by atoms with Gasteiger partial charge in [-0.15, -0.1) is 5.10 Å². The molecule has 0 aromatic carbocycles.